The Labute approximate surface area is 72.6 Å². The summed E-state index contributed by atoms with van der Waals surface area (Å²) in [7, 11) is 1.73. The molecule has 1 saturated heterocycles. The van der Waals surface area contributed by atoms with E-state index in [9.17, 15) is 5.11 Å². The van der Waals surface area contributed by atoms with Crippen molar-refractivity contribution in [3.8, 4) is 0 Å². The van der Waals surface area contributed by atoms with Crippen LogP contribution in [-0.2, 0) is 4.74 Å². The molecule has 0 aromatic carbocycles. The molecule has 1 aliphatic heterocycles. The van der Waals surface area contributed by atoms with Crippen molar-refractivity contribution in [2.75, 3.05) is 13.2 Å². The minimum atomic E-state index is -0.728. The van der Waals surface area contributed by atoms with Gasteiger partial charge in [0.05, 0.1) is 31.4 Å². The zero-order chi connectivity index (χ0) is 9.35. The van der Waals surface area contributed by atoms with E-state index in [1.54, 1.807) is 14.8 Å². The number of hydrogen-bond acceptors (Lipinski definition) is 4. The van der Waals surface area contributed by atoms with E-state index in [0.29, 0.717) is 0 Å². The van der Waals surface area contributed by atoms with Crippen LogP contribution in [0.1, 0.15) is 6.92 Å². The van der Waals surface area contributed by atoms with Crippen LogP contribution in [0.2, 0.25) is 0 Å². The maximum atomic E-state index is 9.62. The van der Waals surface area contributed by atoms with Gasteiger partial charge in [-0.1, -0.05) is 6.92 Å². The molecule has 5 heteroatoms. The summed E-state index contributed by atoms with van der Waals surface area (Å²) in [6, 6.07) is -0.320. The molecule has 1 heterocycles. The number of aliphatic hydroxyl groups is 3. The lowest BCUT2D eigenvalue weighted by Crippen LogP contribution is -2.43. The minimum absolute atomic E-state index is 0.168. The largest absolute Gasteiger partial charge is 0.396 e. The van der Waals surface area contributed by atoms with Gasteiger partial charge in [-0.25, -0.2) is 0 Å². The van der Waals surface area contributed by atoms with Gasteiger partial charge < -0.3 is 20.1 Å². The topological polar surface area (TPSA) is 69.9 Å². The van der Waals surface area contributed by atoms with E-state index in [-0.39, 0.29) is 19.2 Å². The molecule has 1 unspecified atom stereocenters. The standard InChI is InChI=1S/C7H15BO4/c1-7(3-10)4(2-9)12-6(8)5(7)11/h4-6,9-11H,2-3,8H2,1H3/t4?,5-,6+,7-/m0/s1. The molecule has 70 valence electrons. The Kier molecular flexibility index (Phi) is 2.78. The first-order valence-electron chi connectivity index (χ1n) is 4.11. The summed E-state index contributed by atoms with van der Waals surface area (Å²) >= 11 is 0. The van der Waals surface area contributed by atoms with Crippen molar-refractivity contribution in [2.24, 2.45) is 5.41 Å². The third-order valence-electron chi connectivity index (χ3n) is 2.74. The summed E-state index contributed by atoms with van der Waals surface area (Å²) in [5.41, 5.74) is -0.728. The van der Waals surface area contributed by atoms with Gasteiger partial charge in [0, 0.05) is 5.41 Å². The highest BCUT2D eigenvalue weighted by atomic mass is 16.5. The fourth-order valence-electron chi connectivity index (χ4n) is 1.66. The van der Waals surface area contributed by atoms with Crippen LogP contribution in [0.5, 0.6) is 0 Å². The predicted octanol–water partition coefficient (Wildman–Crippen LogP) is -2.30. The van der Waals surface area contributed by atoms with Crippen molar-refractivity contribution in [1.29, 1.82) is 0 Å². The second kappa shape index (κ2) is 3.34. The van der Waals surface area contributed by atoms with Gasteiger partial charge in [-0.05, 0) is 0 Å². The lowest BCUT2D eigenvalue weighted by atomic mass is 9.76. The van der Waals surface area contributed by atoms with E-state index in [1.165, 1.54) is 0 Å². The van der Waals surface area contributed by atoms with E-state index in [2.05, 4.69) is 0 Å². The van der Waals surface area contributed by atoms with Gasteiger partial charge in [0.15, 0.2) is 0 Å². The van der Waals surface area contributed by atoms with Gasteiger partial charge in [-0.2, -0.15) is 0 Å². The molecule has 0 bridgehead atoms. The second-order valence-corrected chi connectivity index (χ2v) is 3.62. The Morgan fingerprint density at radius 2 is 2.08 bits per heavy atom. The van der Waals surface area contributed by atoms with Crippen molar-refractivity contribution in [3.05, 3.63) is 0 Å². The average molecular weight is 174 g/mol. The third-order valence-corrected chi connectivity index (χ3v) is 2.74. The first-order chi connectivity index (χ1) is 5.56. The molecule has 0 aromatic rings. The summed E-state index contributed by atoms with van der Waals surface area (Å²) in [6.45, 7) is 1.37. The van der Waals surface area contributed by atoms with Gasteiger partial charge in [0.1, 0.15) is 7.85 Å². The smallest absolute Gasteiger partial charge is 0.142 e. The Balaban J connectivity index is 2.80. The molecule has 4 nitrogen and oxygen atoms in total. The highest BCUT2D eigenvalue weighted by Gasteiger charge is 2.50. The molecule has 0 saturated carbocycles. The first-order valence-corrected chi connectivity index (χ1v) is 4.11. The van der Waals surface area contributed by atoms with E-state index >= 15 is 0 Å². The SMILES string of the molecule is B[C@@H]1OC(CO)[C@](C)(CO)[C@H]1O. The molecule has 1 fully saturated rings. The van der Waals surface area contributed by atoms with Crippen molar-refractivity contribution in [1.82, 2.24) is 0 Å². The molecule has 3 N–H and O–H groups in total. The van der Waals surface area contributed by atoms with E-state index in [4.69, 9.17) is 14.9 Å². The van der Waals surface area contributed by atoms with Crippen LogP contribution in [0.25, 0.3) is 0 Å². The molecule has 4 atom stereocenters. The number of aliphatic hydroxyl groups excluding tert-OH is 3. The molecule has 1 rings (SSSR count). The molecule has 0 amide bonds. The average Bonchev–Trinajstić information content (AvgIpc) is 2.30. The summed E-state index contributed by atoms with van der Waals surface area (Å²) in [4.78, 5) is 0. The van der Waals surface area contributed by atoms with Crippen LogP contribution >= 0.6 is 0 Å². The summed E-state index contributed by atoms with van der Waals surface area (Å²) in [5.74, 6) is 0. The molecule has 0 aromatic heterocycles. The Hall–Kier alpha value is -0.0951. The van der Waals surface area contributed by atoms with Gasteiger partial charge in [0.2, 0.25) is 0 Å². The summed E-state index contributed by atoms with van der Waals surface area (Å²) < 4.78 is 5.27. The van der Waals surface area contributed by atoms with Crippen LogP contribution in [0.3, 0.4) is 0 Å². The van der Waals surface area contributed by atoms with Crippen LogP contribution in [-0.4, -0.2) is 54.6 Å². The van der Waals surface area contributed by atoms with Crippen LogP contribution in [0, 0.1) is 5.41 Å². The monoisotopic (exact) mass is 174 g/mol. The Morgan fingerprint density at radius 1 is 1.50 bits per heavy atom. The van der Waals surface area contributed by atoms with E-state index < -0.39 is 17.6 Å². The highest BCUT2D eigenvalue weighted by molar-refractivity contribution is 6.11. The Bertz CT molecular complexity index is 165. The van der Waals surface area contributed by atoms with Crippen molar-refractivity contribution < 1.29 is 20.1 Å². The molecule has 0 spiro atoms. The maximum Gasteiger partial charge on any atom is 0.142 e. The van der Waals surface area contributed by atoms with Gasteiger partial charge in [0.25, 0.3) is 0 Å². The molecule has 0 aliphatic carbocycles. The molecule has 1 aliphatic rings. The zero-order valence-corrected chi connectivity index (χ0v) is 7.40. The van der Waals surface area contributed by atoms with Gasteiger partial charge in [-0.15, -0.1) is 0 Å². The molecule has 0 radical (unpaired) electrons. The first kappa shape index (κ1) is 9.99. The van der Waals surface area contributed by atoms with Crippen LogP contribution in [0.4, 0.5) is 0 Å². The summed E-state index contributed by atoms with van der Waals surface area (Å²) in [6.07, 6.45) is -1.17. The molecular weight excluding hydrogens is 159 g/mol. The molecule has 12 heavy (non-hydrogen) atoms. The highest BCUT2D eigenvalue weighted by Crippen LogP contribution is 2.36. The fraction of sp³-hybridized carbons (Fsp3) is 1.00. The lowest BCUT2D eigenvalue weighted by Gasteiger charge is -2.29. The zero-order valence-electron chi connectivity index (χ0n) is 7.40. The number of ether oxygens (including phenoxy) is 1. The summed E-state index contributed by atoms with van der Waals surface area (Å²) in [5, 5.41) is 27.6. The van der Waals surface area contributed by atoms with Gasteiger partial charge in [-0.3, -0.25) is 0 Å². The Morgan fingerprint density at radius 3 is 2.42 bits per heavy atom. The number of rotatable bonds is 2. The minimum Gasteiger partial charge on any atom is -0.396 e. The quantitative estimate of drug-likeness (QED) is 0.411. The van der Waals surface area contributed by atoms with Gasteiger partial charge >= 0.3 is 0 Å². The maximum absolute atomic E-state index is 9.62. The van der Waals surface area contributed by atoms with Crippen molar-refractivity contribution >= 4 is 7.85 Å². The van der Waals surface area contributed by atoms with E-state index in [0.717, 1.165) is 0 Å². The second-order valence-electron chi connectivity index (χ2n) is 3.62. The fourth-order valence-corrected chi connectivity index (χ4v) is 1.66. The van der Waals surface area contributed by atoms with Crippen LogP contribution in [0.15, 0.2) is 0 Å². The number of hydrogen-bond donors (Lipinski definition) is 3. The van der Waals surface area contributed by atoms with Crippen molar-refractivity contribution in [2.45, 2.75) is 25.1 Å². The normalized spacial score (nSPS) is 48.2. The third kappa shape index (κ3) is 1.27. The lowest BCUT2D eigenvalue weighted by molar-refractivity contribution is -0.0300. The van der Waals surface area contributed by atoms with Crippen LogP contribution < -0.4 is 0 Å². The van der Waals surface area contributed by atoms with E-state index in [1.807, 2.05) is 0 Å². The van der Waals surface area contributed by atoms with Crippen molar-refractivity contribution in [3.63, 3.8) is 0 Å². The molecular formula is C7H15BO4. The predicted molar refractivity (Wildman–Crippen MR) is 45.5 cm³/mol.